The Hall–Kier alpha value is -1.88. The Morgan fingerprint density at radius 1 is 1.40 bits per heavy atom. The van der Waals surface area contributed by atoms with Crippen LogP contribution in [0, 0.1) is 5.82 Å². The van der Waals surface area contributed by atoms with E-state index in [0.29, 0.717) is 13.1 Å². The van der Waals surface area contributed by atoms with Gasteiger partial charge in [-0.05, 0) is 38.1 Å². The lowest BCUT2D eigenvalue weighted by molar-refractivity contribution is 0.625. The van der Waals surface area contributed by atoms with Gasteiger partial charge < -0.3 is 10.6 Å². The standard InChI is InChI=1S/C15H21FN4/c1-2-20-12-13(10-18-20)11-19(8-4-7-17)15-6-3-5-14(16)9-15/h3,5-6,9-10,12H,2,4,7-8,11,17H2,1H3. The van der Waals surface area contributed by atoms with E-state index in [1.807, 2.05) is 23.1 Å². The molecule has 0 aliphatic rings. The molecule has 20 heavy (non-hydrogen) atoms. The van der Waals surface area contributed by atoms with Crippen LogP contribution in [0.3, 0.4) is 0 Å². The van der Waals surface area contributed by atoms with Gasteiger partial charge in [-0.3, -0.25) is 4.68 Å². The summed E-state index contributed by atoms with van der Waals surface area (Å²) in [4.78, 5) is 2.13. The first kappa shape index (κ1) is 14.5. The SMILES string of the molecule is CCn1cc(CN(CCCN)c2cccc(F)c2)cn1. The zero-order chi connectivity index (χ0) is 14.4. The van der Waals surface area contributed by atoms with Gasteiger partial charge in [-0.25, -0.2) is 4.39 Å². The molecule has 2 aromatic rings. The molecule has 0 aliphatic carbocycles. The normalized spacial score (nSPS) is 10.8. The average Bonchev–Trinajstić information content (AvgIpc) is 2.91. The highest BCUT2D eigenvalue weighted by Gasteiger charge is 2.09. The lowest BCUT2D eigenvalue weighted by atomic mass is 10.2. The zero-order valence-corrected chi connectivity index (χ0v) is 11.8. The van der Waals surface area contributed by atoms with E-state index in [-0.39, 0.29) is 5.82 Å². The molecule has 4 nitrogen and oxygen atoms in total. The Morgan fingerprint density at radius 2 is 2.25 bits per heavy atom. The predicted octanol–water partition coefficient (Wildman–Crippen LogP) is 2.40. The summed E-state index contributed by atoms with van der Waals surface area (Å²) in [7, 11) is 0. The lowest BCUT2D eigenvalue weighted by Crippen LogP contribution is -2.25. The van der Waals surface area contributed by atoms with Crippen LogP contribution in [0.15, 0.2) is 36.7 Å². The van der Waals surface area contributed by atoms with Gasteiger partial charge in [0.1, 0.15) is 5.82 Å². The topological polar surface area (TPSA) is 47.1 Å². The molecule has 2 rings (SSSR count). The number of hydrogen-bond donors (Lipinski definition) is 1. The van der Waals surface area contributed by atoms with Crippen LogP contribution in [0.4, 0.5) is 10.1 Å². The number of halogens is 1. The van der Waals surface area contributed by atoms with Crippen molar-refractivity contribution < 1.29 is 4.39 Å². The molecule has 0 spiro atoms. The minimum atomic E-state index is -0.218. The van der Waals surface area contributed by atoms with E-state index in [4.69, 9.17) is 5.73 Å². The van der Waals surface area contributed by atoms with Gasteiger partial charge in [0, 0.05) is 37.1 Å². The number of aromatic nitrogens is 2. The van der Waals surface area contributed by atoms with Crippen LogP contribution in [0.25, 0.3) is 0 Å². The minimum Gasteiger partial charge on any atom is -0.367 e. The molecule has 1 aromatic heterocycles. The number of hydrogen-bond acceptors (Lipinski definition) is 3. The number of anilines is 1. The van der Waals surface area contributed by atoms with Gasteiger partial charge in [0.25, 0.3) is 0 Å². The van der Waals surface area contributed by atoms with Crippen molar-refractivity contribution in [3.05, 3.63) is 48.0 Å². The summed E-state index contributed by atoms with van der Waals surface area (Å²) in [5.74, 6) is -0.218. The van der Waals surface area contributed by atoms with E-state index in [0.717, 1.165) is 30.8 Å². The molecule has 0 fully saturated rings. The monoisotopic (exact) mass is 276 g/mol. The molecule has 0 aliphatic heterocycles. The van der Waals surface area contributed by atoms with Gasteiger partial charge in [-0.2, -0.15) is 5.10 Å². The molecule has 5 heteroatoms. The van der Waals surface area contributed by atoms with Crippen LogP contribution in [0.2, 0.25) is 0 Å². The quantitative estimate of drug-likeness (QED) is 0.844. The third kappa shape index (κ3) is 3.81. The lowest BCUT2D eigenvalue weighted by Gasteiger charge is -2.24. The fourth-order valence-electron chi connectivity index (χ4n) is 2.14. The molecule has 108 valence electrons. The Morgan fingerprint density at radius 3 is 2.90 bits per heavy atom. The summed E-state index contributed by atoms with van der Waals surface area (Å²) in [6.07, 6.45) is 4.76. The Bertz CT molecular complexity index is 538. The molecule has 0 atom stereocenters. The van der Waals surface area contributed by atoms with Crippen molar-refractivity contribution in [3.63, 3.8) is 0 Å². The number of nitrogens with two attached hydrogens (primary N) is 1. The summed E-state index contributed by atoms with van der Waals surface area (Å²) >= 11 is 0. The van der Waals surface area contributed by atoms with Crippen LogP contribution >= 0.6 is 0 Å². The summed E-state index contributed by atoms with van der Waals surface area (Å²) in [5, 5.41) is 4.27. The van der Waals surface area contributed by atoms with E-state index in [1.165, 1.54) is 6.07 Å². The van der Waals surface area contributed by atoms with Crippen molar-refractivity contribution in [2.45, 2.75) is 26.4 Å². The van der Waals surface area contributed by atoms with Gasteiger partial charge in [0.05, 0.1) is 6.20 Å². The van der Waals surface area contributed by atoms with E-state index < -0.39 is 0 Å². The maximum atomic E-state index is 13.4. The number of benzene rings is 1. The zero-order valence-electron chi connectivity index (χ0n) is 11.8. The smallest absolute Gasteiger partial charge is 0.125 e. The molecule has 1 aromatic carbocycles. The van der Waals surface area contributed by atoms with Crippen molar-refractivity contribution in [3.8, 4) is 0 Å². The first-order chi connectivity index (χ1) is 9.72. The van der Waals surface area contributed by atoms with Crippen molar-refractivity contribution in [2.75, 3.05) is 18.0 Å². The van der Waals surface area contributed by atoms with Gasteiger partial charge >= 0.3 is 0 Å². The molecule has 1 heterocycles. The number of aryl methyl sites for hydroxylation is 1. The van der Waals surface area contributed by atoms with Crippen molar-refractivity contribution >= 4 is 5.69 Å². The largest absolute Gasteiger partial charge is 0.367 e. The molecule has 0 unspecified atom stereocenters. The van der Waals surface area contributed by atoms with E-state index in [1.54, 1.807) is 12.1 Å². The maximum Gasteiger partial charge on any atom is 0.125 e. The molecular weight excluding hydrogens is 255 g/mol. The fourth-order valence-corrected chi connectivity index (χ4v) is 2.14. The first-order valence-corrected chi connectivity index (χ1v) is 6.95. The summed E-state index contributed by atoms with van der Waals surface area (Å²) in [5.41, 5.74) is 7.58. The van der Waals surface area contributed by atoms with Crippen LogP contribution in [-0.4, -0.2) is 22.9 Å². The van der Waals surface area contributed by atoms with Crippen molar-refractivity contribution in [1.29, 1.82) is 0 Å². The first-order valence-electron chi connectivity index (χ1n) is 6.95. The minimum absolute atomic E-state index is 0.218. The van der Waals surface area contributed by atoms with Gasteiger partial charge in [0.15, 0.2) is 0 Å². The van der Waals surface area contributed by atoms with Crippen LogP contribution in [0.1, 0.15) is 18.9 Å². The fraction of sp³-hybridized carbons (Fsp3) is 0.400. The Labute approximate surface area is 119 Å². The highest BCUT2D eigenvalue weighted by Crippen LogP contribution is 2.18. The summed E-state index contributed by atoms with van der Waals surface area (Å²) in [6, 6.07) is 6.67. The second-order valence-corrected chi connectivity index (χ2v) is 4.75. The van der Waals surface area contributed by atoms with E-state index in [2.05, 4.69) is 16.9 Å². The van der Waals surface area contributed by atoms with E-state index >= 15 is 0 Å². The third-order valence-corrected chi connectivity index (χ3v) is 3.19. The second kappa shape index (κ2) is 7.05. The third-order valence-electron chi connectivity index (χ3n) is 3.19. The van der Waals surface area contributed by atoms with E-state index in [9.17, 15) is 4.39 Å². The molecule has 0 bridgehead atoms. The Kier molecular flexibility index (Phi) is 5.12. The van der Waals surface area contributed by atoms with Crippen LogP contribution in [-0.2, 0) is 13.1 Å². The molecule has 0 saturated carbocycles. The highest BCUT2D eigenvalue weighted by molar-refractivity contribution is 5.46. The van der Waals surface area contributed by atoms with Gasteiger partial charge in [-0.1, -0.05) is 6.07 Å². The van der Waals surface area contributed by atoms with Gasteiger partial charge in [0.2, 0.25) is 0 Å². The Balaban J connectivity index is 2.14. The predicted molar refractivity (Wildman–Crippen MR) is 79.0 cm³/mol. The molecule has 2 N–H and O–H groups in total. The number of nitrogens with zero attached hydrogens (tertiary/aromatic N) is 3. The van der Waals surface area contributed by atoms with Gasteiger partial charge in [-0.15, -0.1) is 0 Å². The second-order valence-electron chi connectivity index (χ2n) is 4.75. The summed E-state index contributed by atoms with van der Waals surface area (Å²) in [6.45, 7) is 5.04. The van der Waals surface area contributed by atoms with Crippen LogP contribution < -0.4 is 10.6 Å². The van der Waals surface area contributed by atoms with Crippen molar-refractivity contribution in [1.82, 2.24) is 9.78 Å². The van der Waals surface area contributed by atoms with Crippen molar-refractivity contribution in [2.24, 2.45) is 5.73 Å². The highest BCUT2D eigenvalue weighted by atomic mass is 19.1. The molecular formula is C15H21FN4. The molecule has 0 amide bonds. The molecule has 0 saturated heterocycles. The maximum absolute atomic E-state index is 13.4. The average molecular weight is 276 g/mol. The summed E-state index contributed by atoms with van der Waals surface area (Å²) < 4.78 is 15.3. The molecule has 0 radical (unpaired) electrons. The van der Waals surface area contributed by atoms with Crippen LogP contribution in [0.5, 0.6) is 0 Å². The number of rotatable bonds is 7.